The van der Waals surface area contributed by atoms with Gasteiger partial charge in [0, 0.05) is 6.54 Å². The molecular weight excluding hydrogens is 448 g/mol. The molecule has 6 nitrogen and oxygen atoms in total. The molecule has 1 N–H and O–H groups in total. The second-order valence-electron chi connectivity index (χ2n) is 7.13. The lowest BCUT2D eigenvalue weighted by atomic mass is 10.2. The van der Waals surface area contributed by atoms with Gasteiger partial charge < -0.3 is 10.1 Å². The third kappa shape index (κ3) is 5.81. The molecule has 0 aliphatic rings. The van der Waals surface area contributed by atoms with Crippen LogP contribution in [0.2, 0.25) is 5.02 Å². The summed E-state index contributed by atoms with van der Waals surface area (Å²) in [5, 5.41) is 3.01. The van der Waals surface area contributed by atoms with Gasteiger partial charge in [-0.15, -0.1) is 0 Å². The van der Waals surface area contributed by atoms with Crippen LogP contribution in [0.3, 0.4) is 0 Å². The van der Waals surface area contributed by atoms with Gasteiger partial charge in [0.05, 0.1) is 22.2 Å². The fourth-order valence-corrected chi connectivity index (χ4v) is 4.78. The Bertz CT molecular complexity index is 1160. The third-order valence-electron chi connectivity index (χ3n) is 4.74. The molecule has 3 rings (SSSR count). The van der Waals surface area contributed by atoms with Crippen LogP contribution in [0.4, 0.5) is 5.69 Å². The van der Waals surface area contributed by atoms with Crippen LogP contribution in [0.1, 0.15) is 18.1 Å². The molecule has 0 aromatic heterocycles. The Balaban J connectivity index is 1.80. The number of hydrogen-bond donors (Lipinski definition) is 1. The first-order valence-electron chi connectivity index (χ1n) is 10.1. The van der Waals surface area contributed by atoms with E-state index in [1.807, 2.05) is 38.1 Å². The summed E-state index contributed by atoms with van der Waals surface area (Å²) in [7, 11) is -4.01. The van der Waals surface area contributed by atoms with E-state index >= 15 is 0 Å². The lowest BCUT2D eigenvalue weighted by Crippen LogP contribution is -2.40. The minimum Gasteiger partial charge on any atom is -0.494 e. The van der Waals surface area contributed by atoms with Crippen molar-refractivity contribution in [3.05, 3.63) is 88.9 Å². The molecule has 0 bridgehead atoms. The van der Waals surface area contributed by atoms with Crippen molar-refractivity contribution < 1.29 is 17.9 Å². The van der Waals surface area contributed by atoms with Crippen LogP contribution in [0.25, 0.3) is 0 Å². The van der Waals surface area contributed by atoms with Gasteiger partial charge in [-0.05, 0) is 55.8 Å². The molecule has 0 atom stereocenters. The predicted molar refractivity (Wildman–Crippen MR) is 127 cm³/mol. The number of benzene rings is 3. The topological polar surface area (TPSA) is 75.7 Å². The lowest BCUT2D eigenvalue weighted by molar-refractivity contribution is -0.119. The van der Waals surface area contributed by atoms with Gasteiger partial charge in [0.2, 0.25) is 5.91 Å². The van der Waals surface area contributed by atoms with E-state index in [0.717, 1.165) is 21.2 Å². The van der Waals surface area contributed by atoms with Crippen LogP contribution in [0.5, 0.6) is 5.75 Å². The lowest BCUT2D eigenvalue weighted by Gasteiger charge is -2.25. The monoisotopic (exact) mass is 472 g/mol. The van der Waals surface area contributed by atoms with E-state index in [4.69, 9.17) is 16.3 Å². The molecule has 0 unspecified atom stereocenters. The minimum absolute atomic E-state index is 0.0855. The number of aryl methyl sites for hydroxylation is 1. The summed E-state index contributed by atoms with van der Waals surface area (Å²) in [6.45, 7) is 4.20. The zero-order chi connectivity index (χ0) is 23.1. The summed E-state index contributed by atoms with van der Waals surface area (Å²) in [6, 6.07) is 20.4. The molecule has 8 heteroatoms. The normalized spacial score (nSPS) is 11.1. The van der Waals surface area contributed by atoms with Crippen molar-refractivity contribution in [3.63, 3.8) is 0 Å². The average molecular weight is 473 g/mol. The van der Waals surface area contributed by atoms with E-state index in [1.165, 1.54) is 12.1 Å². The zero-order valence-corrected chi connectivity index (χ0v) is 19.5. The Kier molecular flexibility index (Phi) is 7.77. The molecule has 0 spiro atoms. The van der Waals surface area contributed by atoms with Crippen LogP contribution >= 0.6 is 11.6 Å². The average Bonchev–Trinajstić information content (AvgIpc) is 2.78. The molecule has 3 aromatic carbocycles. The van der Waals surface area contributed by atoms with Gasteiger partial charge in [0.25, 0.3) is 10.0 Å². The highest BCUT2D eigenvalue weighted by Gasteiger charge is 2.28. The molecule has 1 amide bonds. The number of nitrogens with zero attached hydrogens (tertiary/aromatic N) is 1. The van der Waals surface area contributed by atoms with Crippen molar-refractivity contribution in [1.29, 1.82) is 0 Å². The van der Waals surface area contributed by atoms with Crippen molar-refractivity contribution >= 4 is 33.2 Å². The number of carbonyl (C=O) groups excluding carboxylic acids is 1. The van der Waals surface area contributed by atoms with Gasteiger partial charge in [0.1, 0.15) is 12.3 Å². The first-order valence-corrected chi connectivity index (χ1v) is 12.0. The summed E-state index contributed by atoms with van der Waals surface area (Å²) in [5.74, 6) is 0.297. The molecule has 0 saturated heterocycles. The highest BCUT2D eigenvalue weighted by atomic mass is 35.5. The fraction of sp³-hybridized carbons (Fsp3) is 0.208. The fourth-order valence-electron chi connectivity index (χ4n) is 3.05. The van der Waals surface area contributed by atoms with Crippen molar-refractivity contribution in [2.45, 2.75) is 25.3 Å². The molecule has 0 heterocycles. The van der Waals surface area contributed by atoms with E-state index < -0.39 is 22.5 Å². The predicted octanol–water partition coefficient (Wildman–Crippen LogP) is 4.56. The maximum Gasteiger partial charge on any atom is 0.264 e. The smallest absolute Gasteiger partial charge is 0.264 e. The minimum atomic E-state index is -4.01. The Hall–Kier alpha value is -3.03. The van der Waals surface area contributed by atoms with E-state index in [1.54, 1.807) is 36.4 Å². The number of hydrogen-bond acceptors (Lipinski definition) is 4. The number of rotatable bonds is 9. The third-order valence-corrected chi connectivity index (χ3v) is 6.83. The Labute approximate surface area is 193 Å². The standard InChI is InChI=1S/C24H25ClN2O4S/c1-3-31-20-12-10-19(11-13-20)16-26-24(28)17-27(23-7-5-4-6-22(23)25)32(29,30)21-14-8-18(2)9-15-21/h4-15H,3,16-17H2,1-2H3,(H,26,28). The molecule has 168 valence electrons. The molecule has 0 radical (unpaired) electrons. The molecule has 0 saturated carbocycles. The molecule has 32 heavy (non-hydrogen) atoms. The number of para-hydroxylation sites is 1. The summed E-state index contributed by atoms with van der Waals surface area (Å²) < 4.78 is 33.2. The molecule has 3 aromatic rings. The molecule has 0 fully saturated rings. The van der Waals surface area contributed by atoms with Gasteiger partial charge >= 0.3 is 0 Å². The van der Waals surface area contributed by atoms with Crippen LogP contribution in [-0.2, 0) is 21.4 Å². The Morgan fingerprint density at radius 3 is 2.28 bits per heavy atom. The van der Waals surface area contributed by atoms with E-state index in [-0.39, 0.29) is 22.2 Å². The molecule has 0 aliphatic heterocycles. The van der Waals surface area contributed by atoms with E-state index in [0.29, 0.717) is 6.61 Å². The highest BCUT2D eigenvalue weighted by molar-refractivity contribution is 7.92. The number of anilines is 1. The van der Waals surface area contributed by atoms with Crippen molar-refractivity contribution in [3.8, 4) is 5.75 Å². The van der Waals surface area contributed by atoms with Crippen LogP contribution in [0, 0.1) is 6.92 Å². The largest absolute Gasteiger partial charge is 0.494 e. The maximum absolute atomic E-state index is 13.4. The number of halogens is 1. The van der Waals surface area contributed by atoms with Crippen LogP contribution in [-0.4, -0.2) is 27.5 Å². The Morgan fingerprint density at radius 1 is 1.00 bits per heavy atom. The van der Waals surface area contributed by atoms with Crippen molar-refractivity contribution in [2.75, 3.05) is 17.5 Å². The number of nitrogens with one attached hydrogen (secondary N) is 1. The van der Waals surface area contributed by atoms with Crippen LogP contribution in [0.15, 0.2) is 77.7 Å². The zero-order valence-electron chi connectivity index (χ0n) is 17.9. The number of amides is 1. The van der Waals surface area contributed by atoms with Gasteiger partial charge in [-0.2, -0.15) is 0 Å². The first-order chi connectivity index (χ1) is 15.3. The van der Waals surface area contributed by atoms with Gasteiger partial charge in [-0.3, -0.25) is 9.10 Å². The summed E-state index contributed by atoms with van der Waals surface area (Å²) in [4.78, 5) is 12.8. The van der Waals surface area contributed by atoms with Gasteiger partial charge in [0.15, 0.2) is 0 Å². The van der Waals surface area contributed by atoms with Crippen molar-refractivity contribution in [1.82, 2.24) is 5.32 Å². The molecular formula is C24H25ClN2O4S. The first kappa shape index (κ1) is 23.6. The summed E-state index contributed by atoms with van der Waals surface area (Å²) >= 11 is 6.28. The quantitative estimate of drug-likeness (QED) is 0.495. The summed E-state index contributed by atoms with van der Waals surface area (Å²) in [6.07, 6.45) is 0. The number of ether oxygens (including phenoxy) is 1. The van der Waals surface area contributed by atoms with Gasteiger partial charge in [-0.25, -0.2) is 8.42 Å². The van der Waals surface area contributed by atoms with E-state index in [2.05, 4.69) is 5.32 Å². The van der Waals surface area contributed by atoms with Crippen molar-refractivity contribution in [2.24, 2.45) is 0 Å². The van der Waals surface area contributed by atoms with Gasteiger partial charge in [-0.1, -0.05) is 53.6 Å². The maximum atomic E-state index is 13.4. The van der Waals surface area contributed by atoms with E-state index in [9.17, 15) is 13.2 Å². The Morgan fingerprint density at radius 2 is 1.66 bits per heavy atom. The van der Waals surface area contributed by atoms with Crippen LogP contribution < -0.4 is 14.4 Å². The second-order valence-corrected chi connectivity index (χ2v) is 9.40. The highest BCUT2D eigenvalue weighted by Crippen LogP contribution is 2.30. The second kappa shape index (κ2) is 10.5. The SMILES string of the molecule is CCOc1ccc(CNC(=O)CN(c2ccccc2Cl)S(=O)(=O)c2ccc(C)cc2)cc1. The number of carbonyl (C=O) groups is 1. The number of sulfonamides is 1. The molecule has 0 aliphatic carbocycles. The summed E-state index contributed by atoms with van der Waals surface area (Å²) in [5.41, 5.74) is 2.04.